The number of fused-ring (bicyclic) bond motifs is 1. The van der Waals surface area contributed by atoms with Crippen molar-refractivity contribution < 1.29 is 19.4 Å². The van der Waals surface area contributed by atoms with Gasteiger partial charge in [-0.1, -0.05) is 6.07 Å². The Kier molecular flexibility index (Phi) is 3.87. The lowest BCUT2D eigenvalue weighted by atomic mass is 9.91. The Morgan fingerprint density at radius 3 is 2.80 bits per heavy atom. The van der Waals surface area contributed by atoms with E-state index >= 15 is 0 Å². The molecule has 0 saturated heterocycles. The zero-order chi connectivity index (χ0) is 14.1. The third-order valence-corrected chi connectivity index (χ3v) is 4.69. The Balaban J connectivity index is 1.96. The van der Waals surface area contributed by atoms with Crippen molar-refractivity contribution in [2.45, 2.75) is 31.6 Å². The molecule has 1 aliphatic carbocycles. The molecule has 0 radical (unpaired) electrons. The molecule has 108 valence electrons. The molecule has 0 aromatic heterocycles. The van der Waals surface area contributed by atoms with Gasteiger partial charge in [-0.15, -0.1) is 0 Å². The van der Waals surface area contributed by atoms with E-state index in [1.54, 1.807) is 0 Å². The number of carboxylic acid groups (broad SMARTS) is 1. The SMILES string of the molecule is O=C(O)CC(c1ccc2c(c1Br)OCCCO2)C1CC1. The van der Waals surface area contributed by atoms with Crippen molar-refractivity contribution in [2.75, 3.05) is 13.2 Å². The molecule has 2 aliphatic rings. The van der Waals surface area contributed by atoms with Crippen LogP contribution in [0.3, 0.4) is 0 Å². The molecule has 1 N–H and O–H groups in total. The maximum atomic E-state index is 11.1. The second-order valence-corrected chi connectivity index (χ2v) is 6.18. The predicted octanol–water partition coefficient (Wildman–Crippen LogP) is 3.58. The van der Waals surface area contributed by atoms with Crippen molar-refractivity contribution in [3.05, 3.63) is 22.2 Å². The summed E-state index contributed by atoms with van der Waals surface area (Å²) in [5.74, 6) is 1.24. The van der Waals surface area contributed by atoms with Crippen LogP contribution < -0.4 is 9.47 Å². The number of halogens is 1. The Bertz CT molecular complexity index is 525. The van der Waals surface area contributed by atoms with Crippen molar-refractivity contribution in [2.24, 2.45) is 5.92 Å². The number of aliphatic carboxylic acids is 1. The van der Waals surface area contributed by atoms with Crippen LogP contribution in [0.25, 0.3) is 0 Å². The van der Waals surface area contributed by atoms with Crippen LogP contribution in [0.5, 0.6) is 11.5 Å². The molecule has 0 bridgehead atoms. The fraction of sp³-hybridized carbons (Fsp3) is 0.533. The summed E-state index contributed by atoms with van der Waals surface area (Å²) in [6.45, 7) is 1.28. The normalized spacial score (nSPS) is 19.2. The van der Waals surface area contributed by atoms with Gasteiger partial charge in [-0.05, 0) is 52.2 Å². The molecule has 4 nitrogen and oxygen atoms in total. The largest absolute Gasteiger partial charge is 0.490 e. The smallest absolute Gasteiger partial charge is 0.303 e. The molecule has 5 heteroatoms. The van der Waals surface area contributed by atoms with Gasteiger partial charge in [-0.25, -0.2) is 0 Å². The molecule has 3 rings (SSSR count). The van der Waals surface area contributed by atoms with Gasteiger partial charge in [-0.3, -0.25) is 4.79 Å². The highest BCUT2D eigenvalue weighted by Gasteiger charge is 2.35. The Labute approximate surface area is 126 Å². The first kappa shape index (κ1) is 13.7. The first-order chi connectivity index (χ1) is 9.66. The van der Waals surface area contributed by atoms with E-state index in [-0.39, 0.29) is 12.3 Å². The number of carbonyl (C=O) groups is 1. The number of rotatable bonds is 4. The van der Waals surface area contributed by atoms with E-state index in [0.29, 0.717) is 19.1 Å². The molecule has 0 spiro atoms. The Morgan fingerprint density at radius 1 is 1.35 bits per heavy atom. The van der Waals surface area contributed by atoms with E-state index < -0.39 is 5.97 Å². The molecule has 1 unspecified atom stereocenters. The molecule has 1 aromatic carbocycles. The summed E-state index contributed by atoms with van der Waals surface area (Å²) < 4.78 is 12.3. The fourth-order valence-electron chi connectivity index (χ4n) is 2.72. The molecule has 1 atom stereocenters. The number of carboxylic acids is 1. The van der Waals surface area contributed by atoms with E-state index in [0.717, 1.165) is 40.8 Å². The van der Waals surface area contributed by atoms with Gasteiger partial charge in [0.25, 0.3) is 0 Å². The van der Waals surface area contributed by atoms with Gasteiger partial charge in [-0.2, -0.15) is 0 Å². The van der Waals surface area contributed by atoms with Gasteiger partial charge in [0.2, 0.25) is 0 Å². The molecule has 1 fully saturated rings. The van der Waals surface area contributed by atoms with Crippen molar-refractivity contribution in [3.63, 3.8) is 0 Å². The minimum atomic E-state index is -0.749. The Morgan fingerprint density at radius 2 is 2.10 bits per heavy atom. The van der Waals surface area contributed by atoms with Gasteiger partial charge in [0.05, 0.1) is 24.1 Å². The predicted molar refractivity (Wildman–Crippen MR) is 77.5 cm³/mol. The van der Waals surface area contributed by atoms with Crippen molar-refractivity contribution >= 4 is 21.9 Å². The first-order valence-electron chi connectivity index (χ1n) is 6.96. The summed E-state index contributed by atoms with van der Waals surface area (Å²) in [4.78, 5) is 11.1. The quantitative estimate of drug-likeness (QED) is 0.910. The van der Waals surface area contributed by atoms with Gasteiger partial charge < -0.3 is 14.6 Å². The van der Waals surface area contributed by atoms with Crippen LogP contribution in [0, 0.1) is 5.92 Å². The molecule has 0 amide bonds. The Hall–Kier alpha value is -1.23. The zero-order valence-electron chi connectivity index (χ0n) is 11.1. The molecular formula is C15H17BrO4. The average molecular weight is 341 g/mol. The van der Waals surface area contributed by atoms with Crippen LogP contribution in [-0.4, -0.2) is 24.3 Å². The zero-order valence-corrected chi connectivity index (χ0v) is 12.7. The summed E-state index contributed by atoms with van der Waals surface area (Å²) in [5.41, 5.74) is 1.03. The number of benzene rings is 1. The van der Waals surface area contributed by atoms with Gasteiger partial charge >= 0.3 is 5.97 Å². The molecular weight excluding hydrogens is 324 g/mol. The highest BCUT2D eigenvalue weighted by molar-refractivity contribution is 9.10. The lowest BCUT2D eigenvalue weighted by Crippen LogP contribution is -2.09. The van der Waals surface area contributed by atoms with Gasteiger partial charge in [0.15, 0.2) is 11.5 Å². The summed E-state index contributed by atoms with van der Waals surface area (Å²) in [6, 6.07) is 3.88. The average Bonchev–Trinajstić information content (AvgIpc) is 3.24. The van der Waals surface area contributed by atoms with Crippen LogP contribution >= 0.6 is 15.9 Å². The second-order valence-electron chi connectivity index (χ2n) is 5.39. The van der Waals surface area contributed by atoms with Crippen molar-refractivity contribution in [1.29, 1.82) is 0 Å². The van der Waals surface area contributed by atoms with Crippen molar-refractivity contribution in [3.8, 4) is 11.5 Å². The molecule has 1 saturated carbocycles. The summed E-state index contributed by atoms with van der Waals surface area (Å²) >= 11 is 3.59. The highest BCUT2D eigenvalue weighted by atomic mass is 79.9. The van der Waals surface area contributed by atoms with Gasteiger partial charge in [0, 0.05) is 6.42 Å². The summed E-state index contributed by atoms with van der Waals surface area (Å²) in [6.07, 6.45) is 3.25. The summed E-state index contributed by atoms with van der Waals surface area (Å²) in [7, 11) is 0. The van der Waals surface area contributed by atoms with Crippen LogP contribution in [0.1, 0.15) is 37.2 Å². The first-order valence-corrected chi connectivity index (χ1v) is 7.76. The lowest BCUT2D eigenvalue weighted by molar-refractivity contribution is -0.137. The molecule has 1 aromatic rings. The second kappa shape index (κ2) is 5.64. The van der Waals surface area contributed by atoms with Crippen LogP contribution in [0.15, 0.2) is 16.6 Å². The minimum absolute atomic E-state index is 0.0547. The maximum absolute atomic E-state index is 11.1. The summed E-state index contributed by atoms with van der Waals surface area (Å²) in [5, 5.41) is 9.12. The van der Waals surface area contributed by atoms with Crippen molar-refractivity contribution in [1.82, 2.24) is 0 Å². The third kappa shape index (κ3) is 2.77. The monoisotopic (exact) mass is 340 g/mol. The number of hydrogen-bond acceptors (Lipinski definition) is 3. The van der Waals surface area contributed by atoms with Crippen LogP contribution in [0.4, 0.5) is 0 Å². The maximum Gasteiger partial charge on any atom is 0.303 e. The molecule has 20 heavy (non-hydrogen) atoms. The fourth-order valence-corrected chi connectivity index (χ4v) is 3.46. The molecule has 1 aliphatic heterocycles. The minimum Gasteiger partial charge on any atom is -0.490 e. The van der Waals surface area contributed by atoms with E-state index in [2.05, 4.69) is 15.9 Å². The van der Waals surface area contributed by atoms with E-state index in [1.165, 1.54) is 0 Å². The number of ether oxygens (including phenoxy) is 2. The third-order valence-electron chi connectivity index (χ3n) is 3.87. The number of hydrogen-bond donors (Lipinski definition) is 1. The van der Waals surface area contributed by atoms with Crippen LogP contribution in [0.2, 0.25) is 0 Å². The van der Waals surface area contributed by atoms with E-state index in [4.69, 9.17) is 14.6 Å². The lowest BCUT2D eigenvalue weighted by Gasteiger charge is -2.19. The van der Waals surface area contributed by atoms with E-state index in [9.17, 15) is 4.79 Å². The standard InChI is InChI=1S/C15H17BrO4/c16-14-10(11(8-13(17)18)9-2-3-9)4-5-12-15(14)20-7-1-6-19-12/h4-5,9,11H,1-3,6-8H2,(H,17,18). The molecule has 1 heterocycles. The van der Waals surface area contributed by atoms with Crippen LogP contribution in [-0.2, 0) is 4.79 Å². The topological polar surface area (TPSA) is 55.8 Å². The van der Waals surface area contributed by atoms with Gasteiger partial charge in [0.1, 0.15) is 0 Å². The van der Waals surface area contributed by atoms with E-state index in [1.807, 2.05) is 12.1 Å². The highest BCUT2D eigenvalue weighted by Crippen LogP contribution is 2.50.